The maximum Gasteiger partial charge on any atom is 0.422 e. The lowest BCUT2D eigenvalue weighted by molar-refractivity contribution is -0.153. The summed E-state index contributed by atoms with van der Waals surface area (Å²) >= 11 is 1.18. The highest BCUT2D eigenvalue weighted by atomic mass is 32.2. The van der Waals surface area contributed by atoms with E-state index in [1.807, 2.05) is 0 Å². The molecule has 0 radical (unpaired) electrons. The van der Waals surface area contributed by atoms with Gasteiger partial charge in [-0.2, -0.15) is 13.2 Å². The van der Waals surface area contributed by atoms with Crippen LogP contribution < -0.4 is 15.0 Å². The first-order valence-corrected chi connectivity index (χ1v) is 11.9. The first kappa shape index (κ1) is 26.3. The van der Waals surface area contributed by atoms with Crippen LogP contribution in [0.1, 0.15) is 35.0 Å². The molecule has 0 saturated heterocycles. The lowest BCUT2D eigenvalue weighted by Gasteiger charge is -2.34. The number of carbonyl (C=O) groups is 1. The molecule has 0 bridgehead atoms. The van der Waals surface area contributed by atoms with Crippen LogP contribution in [0.4, 0.5) is 27.6 Å². The van der Waals surface area contributed by atoms with Gasteiger partial charge in [-0.3, -0.25) is 4.99 Å². The van der Waals surface area contributed by atoms with Crippen molar-refractivity contribution in [2.24, 2.45) is 16.6 Å². The standard InChI is InChI=1S/C24H26F5N4O2S/c1-13-7-15(35-12-24(27,28)29)10-31-19(13)20(34)33(3,4)14-5-6-17(26)16(8-14)22(2)18-9-23(18,11-25)36-21(30)32-22/h5-8,10,18H,9,11-12H2,1-4H3,(H2,30,32)/q+1/t18-,22+,23+/m0/s1. The minimum Gasteiger partial charge on any atom is -0.482 e. The Labute approximate surface area is 209 Å². The number of alkyl halides is 4. The molecule has 6 nitrogen and oxygen atoms in total. The van der Waals surface area contributed by atoms with Gasteiger partial charge in [-0.05, 0) is 38.0 Å². The van der Waals surface area contributed by atoms with Crippen molar-refractivity contribution in [2.75, 3.05) is 27.4 Å². The van der Waals surface area contributed by atoms with E-state index in [0.29, 0.717) is 17.7 Å². The number of benzene rings is 1. The number of nitrogens with two attached hydrogens (primary N) is 1. The second kappa shape index (κ2) is 8.69. The monoisotopic (exact) mass is 529 g/mol. The molecule has 12 heteroatoms. The van der Waals surface area contributed by atoms with Gasteiger partial charge >= 0.3 is 12.1 Å². The van der Waals surface area contributed by atoms with Gasteiger partial charge in [-0.1, -0.05) is 11.8 Å². The van der Waals surface area contributed by atoms with Crippen LogP contribution >= 0.6 is 11.8 Å². The number of aryl methyl sites for hydroxylation is 1. The number of hydrogen-bond acceptors (Lipinski definition) is 6. The molecule has 1 aromatic heterocycles. The molecule has 1 amide bonds. The lowest BCUT2D eigenvalue weighted by Crippen LogP contribution is -2.47. The summed E-state index contributed by atoms with van der Waals surface area (Å²) in [7, 11) is 3.18. The second-order valence-corrected chi connectivity index (χ2v) is 11.3. The molecule has 0 spiro atoms. The molecule has 2 aliphatic rings. The number of nitrogens with zero attached hydrogens (tertiary/aromatic N) is 3. The molecular formula is C24H26F5N4O2S+. The van der Waals surface area contributed by atoms with Crippen LogP contribution in [0.5, 0.6) is 5.75 Å². The van der Waals surface area contributed by atoms with E-state index < -0.39 is 41.5 Å². The number of hydrogen-bond donors (Lipinski definition) is 1. The largest absolute Gasteiger partial charge is 0.482 e. The predicted molar refractivity (Wildman–Crippen MR) is 128 cm³/mol. The summed E-state index contributed by atoms with van der Waals surface area (Å²) in [5.41, 5.74) is 5.88. The van der Waals surface area contributed by atoms with E-state index in [1.165, 1.54) is 36.0 Å². The molecule has 1 aliphatic carbocycles. The molecule has 1 aliphatic heterocycles. The number of halogens is 5. The van der Waals surface area contributed by atoms with Crippen LogP contribution in [0, 0.1) is 18.7 Å². The van der Waals surface area contributed by atoms with E-state index in [0.717, 1.165) is 6.20 Å². The fourth-order valence-electron chi connectivity index (χ4n) is 4.72. The number of rotatable bonds is 6. The van der Waals surface area contributed by atoms with Crippen molar-refractivity contribution in [3.8, 4) is 5.75 Å². The number of ether oxygens (including phenoxy) is 1. The number of aromatic nitrogens is 1. The zero-order chi connectivity index (χ0) is 26.7. The Kier molecular flexibility index (Phi) is 6.35. The summed E-state index contributed by atoms with van der Waals surface area (Å²) in [4.78, 5) is 22.0. The quantitative estimate of drug-likeness (QED) is 0.426. The highest BCUT2D eigenvalue weighted by molar-refractivity contribution is 8.15. The third kappa shape index (κ3) is 4.56. The normalized spacial score (nSPS) is 25.7. The molecule has 1 aromatic carbocycles. The van der Waals surface area contributed by atoms with Gasteiger partial charge in [0.15, 0.2) is 17.5 Å². The van der Waals surface area contributed by atoms with E-state index in [-0.39, 0.29) is 32.6 Å². The van der Waals surface area contributed by atoms with Crippen LogP contribution in [0.15, 0.2) is 35.5 Å². The number of quaternary nitrogens is 1. The van der Waals surface area contributed by atoms with Gasteiger partial charge in [0.1, 0.15) is 23.9 Å². The third-order valence-corrected chi connectivity index (χ3v) is 8.15. The van der Waals surface area contributed by atoms with Crippen molar-refractivity contribution in [2.45, 2.75) is 36.7 Å². The summed E-state index contributed by atoms with van der Waals surface area (Å²) in [5, 5.41) is 0.186. The van der Waals surface area contributed by atoms with Crippen molar-refractivity contribution in [3.63, 3.8) is 0 Å². The number of carbonyl (C=O) groups excluding carboxylic acids is 1. The lowest BCUT2D eigenvalue weighted by atomic mass is 9.85. The molecule has 2 aromatic rings. The highest BCUT2D eigenvalue weighted by Gasteiger charge is 2.67. The minimum absolute atomic E-state index is 0.0337. The van der Waals surface area contributed by atoms with Gasteiger partial charge in [0.05, 0.1) is 30.6 Å². The first-order chi connectivity index (χ1) is 16.6. The Bertz CT molecular complexity index is 1250. The highest BCUT2D eigenvalue weighted by Crippen LogP contribution is 2.66. The molecule has 36 heavy (non-hydrogen) atoms. The number of amidine groups is 1. The zero-order valence-corrected chi connectivity index (χ0v) is 20.9. The Hall–Kier alpha value is -2.73. The number of aliphatic imine (C=N–C) groups is 1. The van der Waals surface area contributed by atoms with Crippen LogP contribution in [-0.4, -0.2) is 54.4 Å². The maximum atomic E-state index is 15.1. The minimum atomic E-state index is -4.51. The van der Waals surface area contributed by atoms with E-state index >= 15 is 4.39 Å². The van der Waals surface area contributed by atoms with Gasteiger partial charge in [0.2, 0.25) is 0 Å². The summed E-state index contributed by atoms with van der Waals surface area (Å²) in [5.74, 6) is -1.38. The zero-order valence-electron chi connectivity index (χ0n) is 20.1. The molecule has 2 N–H and O–H groups in total. The Morgan fingerprint density at radius 3 is 2.61 bits per heavy atom. The van der Waals surface area contributed by atoms with E-state index in [1.54, 1.807) is 27.9 Å². The molecule has 3 atom stereocenters. The summed E-state index contributed by atoms with van der Waals surface area (Å²) in [6.45, 7) is 1.18. The van der Waals surface area contributed by atoms with Crippen molar-refractivity contribution < 1.29 is 31.5 Å². The average Bonchev–Trinajstić information content (AvgIpc) is 3.53. The second-order valence-electron chi connectivity index (χ2n) is 9.82. The van der Waals surface area contributed by atoms with Gasteiger partial charge in [0, 0.05) is 23.6 Å². The maximum absolute atomic E-state index is 15.1. The Morgan fingerprint density at radius 2 is 2.00 bits per heavy atom. The van der Waals surface area contributed by atoms with Crippen molar-refractivity contribution in [1.82, 2.24) is 9.47 Å². The van der Waals surface area contributed by atoms with Gasteiger partial charge in [0.25, 0.3) is 0 Å². The van der Waals surface area contributed by atoms with Crippen LogP contribution in [-0.2, 0) is 5.54 Å². The molecule has 4 rings (SSSR count). The van der Waals surface area contributed by atoms with Crippen LogP contribution in [0.25, 0.3) is 0 Å². The van der Waals surface area contributed by atoms with Crippen molar-refractivity contribution in [1.29, 1.82) is 0 Å². The summed E-state index contributed by atoms with van der Waals surface area (Å²) in [6.07, 6.45) is -2.94. The number of thioether (sulfide) groups is 1. The van der Waals surface area contributed by atoms with E-state index in [4.69, 9.17) is 10.5 Å². The average molecular weight is 530 g/mol. The van der Waals surface area contributed by atoms with E-state index in [9.17, 15) is 22.4 Å². The smallest absolute Gasteiger partial charge is 0.422 e. The third-order valence-electron chi connectivity index (χ3n) is 6.89. The van der Waals surface area contributed by atoms with Crippen LogP contribution in [0.2, 0.25) is 0 Å². The van der Waals surface area contributed by atoms with Gasteiger partial charge < -0.3 is 10.5 Å². The van der Waals surface area contributed by atoms with Crippen molar-refractivity contribution in [3.05, 3.63) is 53.1 Å². The van der Waals surface area contributed by atoms with Gasteiger partial charge in [-0.25, -0.2) is 23.0 Å². The van der Waals surface area contributed by atoms with Crippen LogP contribution in [0.3, 0.4) is 0 Å². The topological polar surface area (TPSA) is 77.6 Å². The number of amides is 1. The molecule has 194 valence electrons. The molecule has 1 fully saturated rings. The number of pyridine rings is 1. The number of fused-ring (bicyclic) bond motifs is 1. The fraction of sp³-hybridized carbons (Fsp3) is 0.458. The van der Waals surface area contributed by atoms with E-state index in [2.05, 4.69) is 9.98 Å². The Balaban J connectivity index is 1.66. The summed E-state index contributed by atoms with van der Waals surface area (Å²) < 4.78 is 69.9. The molecule has 1 saturated carbocycles. The Morgan fingerprint density at radius 1 is 1.31 bits per heavy atom. The van der Waals surface area contributed by atoms with Crippen molar-refractivity contribution >= 4 is 28.5 Å². The molecule has 2 heterocycles. The fourth-order valence-corrected chi connectivity index (χ4v) is 6.05. The summed E-state index contributed by atoms with van der Waals surface area (Å²) in [6, 6.07) is 5.56. The van der Waals surface area contributed by atoms with Gasteiger partial charge in [-0.15, -0.1) is 0 Å². The molecular weight excluding hydrogens is 503 g/mol. The predicted octanol–water partition coefficient (Wildman–Crippen LogP) is 4.88. The first-order valence-electron chi connectivity index (χ1n) is 11.1. The SMILES string of the molecule is Cc1cc(OCC(F)(F)F)cnc1C(=O)[N+](C)(C)c1ccc(F)c([C@@]2(C)N=C(N)S[C@@]3(CF)C[C@H]32)c1. The molecule has 0 unspecified atom stereocenters.